The lowest BCUT2D eigenvalue weighted by Crippen LogP contribution is -2.57. The predicted octanol–water partition coefficient (Wildman–Crippen LogP) is 5.27. The Morgan fingerprint density at radius 3 is 2.67 bits per heavy atom. The summed E-state index contributed by atoms with van der Waals surface area (Å²) in [6.45, 7) is 7.67. The summed E-state index contributed by atoms with van der Waals surface area (Å²) in [6.07, 6.45) is 2.29. The van der Waals surface area contributed by atoms with Crippen LogP contribution in [0.2, 0.25) is 5.02 Å². The summed E-state index contributed by atoms with van der Waals surface area (Å²) in [5.41, 5.74) is 4.16. The highest BCUT2D eigenvalue weighted by Gasteiger charge is 2.35. The standard InChI is InChI=1S/C24H26ClN3OS/c1-15-21(9-10-22-23(15)26-16(2)30-22)24(29)28-12-11-27-13-18(5-8-20(27)14-28)17-3-6-19(25)7-4-17/h3-4,6-7,9-10,18,20H,5,8,11-14H2,1-2H3/t18-,20+/m0/s1. The Hall–Kier alpha value is -1.95. The van der Waals surface area contributed by atoms with Crippen LogP contribution in [0.15, 0.2) is 36.4 Å². The van der Waals surface area contributed by atoms with Crippen molar-refractivity contribution in [2.75, 3.05) is 26.2 Å². The summed E-state index contributed by atoms with van der Waals surface area (Å²) in [7, 11) is 0. The van der Waals surface area contributed by atoms with Gasteiger partial charge >= 0.3 is 0 Å². The minimum absolute atomic E-state index is 0.152. The van der Waals surface area contributed by atoms with Crippen LogP contribution in [0.5, 0.6) is 0 Å². The van der Waals surface area contributed by atoms with Gasteiger partial charge in [-0.1, -0.05) is 23.7 Å². The molecule has 0 bridgehead atoms. The number of hydrogen-bond acceptors (Lipinski definition) is 4. The van der Waals surface area contributed by atoms with Gasteiger partial charge in [0.15, 0.2) is 0 Å². The first-order valence-corrected chi connectivity index (χ1v) is 11.8. The zero-order valence-corrected chi connectivity index (χ0v) is 19.0. The van der Waals surface area contributed by atoms with Crippen molar-refractivity contribution in [2.24, 2.45) is 0 Å². The number of aromatic nitrogens is 1. The maximum atomic E-state index is 13.3. The van der Waals surface area contributed by atoms with E-state index in [1.807, 2.05) is 38.1 Å². The Labute approximate surface area is 186 Å². The molecule has 0 unspecified atom stereocenters. The normalized spacial score (nSPS) is 22.3. The number of piperidine rings is 1. The van der Waals surface area contributed by atoms with E-state index >= 15 is 0 Å². The van der Waals surface area contributed by atoms with E-state index in [0.29, 0.717) is 12.0 Å². The summed E-state index contributed by atoms with van der Waals surface area (Å²) in [6, 6.07) is 12.8. The molecule has 4 nitrogen and oxygen atoms in total. The van der Waals surface area contributed by atoms with Gasteiger partial charge < -0.3 is 4.90 Å². The molecule has 5 rings (SSSR count). The van der Waals surface area contributed by atoms with Crippen LogP contribution in [0.4, 0.5) is 0 Å². The number of amides is 1. The largest absolute Gasteiger partial charge is 0.336 e. The molecule has 1 aromatic heterocycles. The number of thiazole rings is 1. The van der Waals surface area contributed by atoms with Crippen LogP contribution in [0, 0.1) is 13.8 Å². The molecule has 3 heterocycles. The maximum Gasteiger partial charge on any atom is 0.254 e. The summed E-state index contributed by atoms with van der Waals surface area (Å²) in [5.74, 6) is 0.706. The van der Waals surface area contributed by atoms with Gasteiger partial charge in [-0.05, 0) is 68.0 Å². The zero-order chi connectivity index (χ0) is 20.8. The van der Waals surface area contributed by atoms with Crippen molar-refractivity contribution in [2.45, 2.75) is 38.6 Å². The lowest BCUT2D eigenvalue weighted by atomic mass is 9.86. The Morgan fingerprint density at radius 2 is 1.87 bits per heavy atom. The van der Waals surface area contributed by atoms with Crippen LogP contribution in [0.25, 0.3) is 10.2 Å². The van der Waals surface area contributed by atoms with Crippen LogP contribution in [0.1, 0.15) is 45.3 Å². The topological polar surface area (TPSA) is 36.4 Å². The number of aryl methyl sites for hydroxylation is 2. The fourth-order valence-electron chi connectivity index (χ4n) is 5.00. The van der Waals surface area contributed by atoms with Gasteiger partial charge in [0, 0.05) is 42.8 Å². The van der Waals surface area contributed by atoms with E-state index in [1.54, 1.807) is 11.3 Å². The number of carbonyl (C=O) groups is 1. The molecule has 2 aliphatic heterocycles. The van der Waals surface area contributed by atoms with Crippen LogP contribution >= 0.6 is 22.9 Å². The van der Waals surface area contributed by atoms with Gasteiger partial charge in [0.2, 0.25) is 0 Å². The first-order valence-electron chi connectivity index (χ1n) is 10.6. The van der Waals surface area contributed by atoms with E-state index in [-0.39, 0.29) is 5.91 Å². The SMILES string of the molecule is Cc1nc2c(C)c(C(=O)N3CCN4C[C@@H](c5ccc(Cl)cc5)CC[C@@H]4C3)ccc2s1. The molecule has 2 aliphatic rings. The molecule has 0 radical (unpaired) electrons. The van der Waals surface area contributed by atoms with E-state index in [1.165, 1.54) is 5.56 Å². The lowest BCUT2D eigenvalue weighted by Gasteiger charge is -2.46. The monoisotopic (exact) mass is 439 g/mol. The molecule has 1 amide bonds. The lowest BCUT2D eigenvalue weighted by molar-refractivity contribution is 0.0329. The van der Waals surface area contributed by atoms with Gasteiger partial charge in [-0.15, -0.1) is 11.3 Å². The second-order valence-electron chi connectivity index (χ2n) is 8.54. The van der Waals surface area contributed by atoms with E-state index < -0.39 is 0 Å². The van der Waals surface area contributed by atoms with Crippen LogP contribution in [-0.2, 0) is 0 Å². The third-order valence-corrected chi connectivity index (χ3v) is 7.88. The third-order valence-electron chi connectivity index (χ3n) is 6.69. The maximum absolute atomic E-state index is 13.3. The van der Waals surface area contributed by atoms with E-state index in [2.05, 4.69) is 26.9 Å². The van der Waals surface area contributed by atoms with Crippen molar-refractivity contribution in [3.63, 3.8) is 0 Å². The molecular weight excluding hydrogens is 414 g/mol. The first-order chi connectivity index (χ1) is 14.5. The number of fused-ring (bicyclic) bond motifs is 2. The third kappa shape index (κ3) is 3.64. The number of nitrogens with zero attached hydrogens (tertiary/aromatic N) is 3. The van der Waals surface area contributed by atoms with E-state index in [0.717, 1.165) is 70.4 Å². The fourth-order valence-corrected chi connectivity index (χ4v) is 6.02. The Morgan fingerprint density at radius 1 is 1.07 bits per heavy atom. The smallest absolute Gasteiger partial charge is 0.254 e. The molecule has 30 heavy (non-hydrogen) atoms. The highest BCUT2D eigenvalue weighted by atomic mass is 35.5. The number of rotatable bonds is 2. The van der Waals surface area contributed by atoms with Crippen molar-refractivity contribution in [3.8, 4) is 0 Å². The minimum atomic E-state index is 0.152. The average Bonchev–Trinajstić information content (AvgIpc) is 3.15. The van der Waals surface area contributed by atoms with Gasteiger partial charge in [-0.25, -0.2) is 4.98 Å². The molecule has 6 heteroatoms. The molecular formula is C24H26ClN3OS. The molecule has 2 saturated heterocycles. The summed E-state index contributed by atoms with van der Waals surface area (Å²) >= 11 is 7.74. The van der Waals surface area contributed by atoms with Gasteiger partial charge in [-0.3, -0.25) is 9.69 Å². The van der Waals surface area contributed by atoms with E-state index in [9.17, 15) is 4.79 Å². The Balaban J connectivity index is 1.29. The van der Waals surface area contributed by atoms with E-state index in [4.69, 9.17) is 11.6 Å². The number of benzene rings is 2. The molecule has 2 atom stereocenters. The van der Waals surface area contributed by atoms with Gasteiger partial charge in [-0.2, -0.15) is 0 Å². The Bertz CT molecular complexity index is 1090. The molecule has 2 aromatic carbocycles. The summed E-state index contributed by atoms with van der Waals surface area (Å²) in [4.78, 5) is 22.6. The number of halogens is 1. The highest BCUT2D eigenvalue weighted by Crippen LogP contribution is 2.33. The van der Waals surface area contributed by atoms with Crippen molar-refractivity contribution >= 4 is 39.1 Å². The molecule has 156 valence electrons. The predicted molar refractivity (Wildman–Crippen MR) is 124 cm³/mol. The fraction of sp³-hybridized carbons (Fsp3) is 0.417. The van der Waals surface area contributed by atoms with Crippen LogP contribution < -0.4 is 0 Å². The molecule has 3 aromatic rings. The van der Waals surface area contributed by atoms with Gasteiger partial charge in [0.05, 0.1) is 15.2 Å². The molecule has 0 saturated carbocycles. The summed E-state index contributed by atoms with van der Waals surface area (Å²) < 4.78 is 1.16. The van der Waals surface area contributed by atoms with Crippen LogP contribution in [-0.4, -0.2) is 52.9 Å². The van der Waals surface area contributed by atoms with Crippen molar-refractivity contribution in [1.29, 1.82) is 0 Å². The molecule has 0 spiro atoms. The number of piperazine rings is 1. The second-order valence-corrected chi connectivity index (χ2v) is 10.2. The Kier molecular flexibility index (Phi) is 5.30. The summed E-state index contributed by atoms with van der Waals surface area (Å²) in [5, 5.41) is 1.84. The van der Waals surface area contributed by atoms with Crippen molar-refractivity contribution < 1.29 is 4.79 Å². The van der Waals surface area contributed by atoms with Crippen molar-refractivity contribution in [1.82, 2.24) is 14.8 Å². The van der Waals surface area contributed by atoms with Gasteiger partial charge in [0.1, 0.15) is 0 Å². The number of carbonyl (C=O) groups excluding carboxylic acids is 1. The van der Waals surface area contributed by atoms with Crippen LogP contribution in [0.3, 0.4) is 0 Å². The highest BCUT2D eigenvalue weighted by molar-refractivity contribution is 7.18. The quantitative estimate of drug-likeness (QED) is 0.545. The first kappa shape index (κ1) is 20.0. The minimum Gasteiger partial charge on any atom is -0.336 e. The average molecular weight is 440 g/mol. The van der Waals surface area contributed by atoms with Gasteiger partial charge in [0.25, 0.3) is 5.91 Å². The molecule has 0 N–H and O–H groups in total. The second kappa shape index (κ2) is 7.95. The molecule has 0 aliphatic carbocycles. The zero-order valence-electron chi connectivity index (χ0n) is 17.4. The number of hydrogen-bond donors (Lipinski definition) is 0. The molecule has 2 fully saturated rings. The van der Waals surface area contributed by atoms with Crippen molar-refractivity contribution in [3.05, 3.63) is 63.1 Å².